The van der Waals surface area contributed by atoms with Crippen molar-refractivity contribution in [2.24, 2.45) is 5.10 Å². The number of carbonyl (C=O) groups is 1. The smallest absolute Gasteiger partial charge is 0.250 e. The molecule has 0 aliphatic carbocycles. The molecule has 1 aromatic carbocycles. The second-order valence-corrected chi connectivity index (χ2v) is 5.28. The molecule has 2 rings (SSSR count). The molecule has 1 aromatic heterocycles. The molecule has 0 spiro atoms. The Labute approximate surface area is 126 Å². The second kappa shape index (κ2) is 7.67. The van der Waals surface area contributed by atoms with E-state index in [-0.39, 0.29) is 5.91 Å². The van der Waals surface area contributed by atoms with E-state index in [0.717, 1.165) is 4.90 Å². The predicted molar refractivity (Wildman–Crippen MR) is 82.1 cm³/mol. The van der Waals surface area contributed by atoms with Crippen molar-refractivity contribution in [2.45, 2.75) is 4.90 Å². The maximum absolute atomic E-state index is 11.6. The summed E-state index contributed by atoms with van der Waals surface area (Å²) in [5.74, 6) is 0.124. The maximum atomic E-state index is 11.6. The Morgan fingerprint density at radius 3 is 2.80 bits per heavy atom. The minimum Gasteiger partial charge on any atom is -0.272 e. The highest BCUT2D eigenvalue weighted by atomic mass is 35.5. The van der Waals surface area contributed by atoms with Gasteiger partial charge in [-0.1, -0.05) is 17.7 Å². The molecule has 0 aliphatic rings. The zero-order valence-electron chi connectivity index (χ0n) is 10.5. The lowest BCUT2D eigenvalue weighted by Gasteiger charge is -2.00. The first-order valence-corrected chi connectivity index (χ1v) is 7.22. The molecule has 6 heteroatoms. The molecule has 1 amide bonds. The number of hydrogen-bond donors (Lipinski definition) is 1. The summed E-state index contributed by atoms with van der Waals surface area (Å²) in [5.41, 5.74) is 3.15. The Kier molecular flexibility index (Phi) is 5.58. The van der Waals surface area contributed by atoms with Gasteiger partial charge in [-0.25, -0.2) is 5.43 Å². The summed E-state index contributed by atoms with van der Waals surface area (Å²) < 4.78 is 0. The number of aromatic nitrogens is 1. The summed E-state index contributed by atoms with van der Waals surface area (Å²) in [4.78, 5) is 16.6. The van der Waals surface area contributed by atoms with Gasteiger partial charge in [0.05, 0.1) is 17.7 Å². The van der Waals surface area contributed by atoms with Gasteiger partial charge in [0, 0.05) is 16.1 Å². The van der Waals surface area contributed by atoms with Gasteiger partial charge < -0.3 is 0 Å². The third-order valence-corrected chi connectivity index (χ3v) is 3.52. The van der Waals surface area contributed by atoms with Gasteiger partial charge in [-0.15, -0.1) is 11.8 Å². The van der Waals surface area contributed by atoms with E-state index in [1.807, 2.05) is 24.3 Å². The van der Waals surface area contributed by atoms with Crippen LogP contribution in [-0.2, 0) is 4.79 Å². The van der Waals surface area contributed by atoms with Crippen LogP contribution in [0.4, 0.5) is 0 Å². The van der Waals surface area contributed by atoms with E-state index in [2.05, 4.69) is 15.5 Å². The molecule has 0 aliphatic heterocycles. The number of hydrazone groups is 1. The van der Waals surface area contributed by atoms with Crippen LogP contribution in [0.25, 0.3) is 0 Å². The van der Waals surface area contributed by atoms with Crippen LogP contribution in [0.15, 0.2) is 58.7 Å². The van der Waals surface area contributed by atoms with Crippen molar-refractivity contribution in [3.05, 3.63) is 59.4 Å². The van der Waals surface area contributed by atoms with Gasteiger partial charge in [0.25, 0.3) is 0 Å². The minimum atomic E-state index is -0.169. The number of thioether (sulfide) groups is 1. The fourth-order valence-corrected chi connectivity index (χ4v) is 2.15. The molecule has 0 unspecified atom stereocenters. The number of pyridine rings is 1. The number of hydrogen-bond acceptors (Lipinski definition) is 4. The quantitative estimate of drug-likeness (QED) is 0.525. The van der Waals surface area contributed by atoms with Gasteiger partial charge in [-0.3, -0.25) is 9.78 Å². The summed E-state index contributed by atoms with van der Waals surface area (Å²) in [6.45, 7) is 0. The lowest BCUT2D eigenvalue weighted by molar-refractivity contribution is -0.118. The summed E-state index contributed by atoms with van der Waals surface area (Å²) in [6, 6.07) is 12.8. The first-order valence-electron chi connectivity index (χ1n) is 5.85. The lowest BCUT2D eigenvalue weighted by atomic mass is 10.4. The second-order valence-electron chi connectivity index (χ2n) is 3.79. The molecule has 0 bridgehead atoms. The molecule has 0 atom stereocenters. The van der Waals surface area contributed by atoms with Crippen molar-refractivity contribution in [2.75, 3.05) is 5.75 Å². The summed E-state index contributed by atoms with van der Waals surface area (Å²) in [5, 5.41) is 4.53. The first kappa shape index (κ1) is 14.6. The van der Waals surface area contributed by atoms with Crippen LogP contribution in [-0.4, -0.2) is 22.9 Å². The van der Waals surface area contributed by atoms with Crippen molar-refractivity contribution in [3.63, 3.8) is 0 Å². The van der Waals surface area contributed by atoms with Crippen LogP contribution < -0.4 is 5.43 Å². The Bertz CT molecular complexity index is 587. The van der Waals surface area contributed by atoms with Gasteiger partial charge >= 0.3 is 0 Å². The average molecular weight is 306 g/mol. The Hall–Kier alpha value is -1.85. The van der Waals surface area contributed by atoms with Crippen LogP contribution in [0.1, 0.15) is 5.69 Å². The fraction of sp³-hybridized carbons (Fsp3) is 0.0714. The zero-order chi connectivity index (χ0) is 14.2. The molecule has 20 heavy (non-hydrogen) atoms. The molecule has 4 nitrogen and oxygen atoms in total. The molecule has 2 aromatic rings. The third-order valence-electron chi connectivity index (χ3n) is 2.26. The number of benzene rings is 1. The van der Waals surface area contributed by atoms with Crippen molar-refractivity contribution < 1.29 is 4.79 Å². The minimum absolute atomic E-state index is 0.169. The number of nitrogens with zero attached hydrogens (tertiary/aromatic N) is 2. The van der Waals surface area contributed by atoms with Crippen molar-refractivity contribution in [1.29, 1.82) is 0 Å². The molecular formula is C14H12ClN3OS. The topological polar surface area (TPSA) is 54.4 Å². The number of carbonyl (C=O) groups excluding carboxylic acids is 1. The van der Waals surface area contributed by atoms with E-state index in [4.69, 9.17) is 11.6 Å². The van der Waals surface area contributed by atoms with Crippen molar-refractivity contribution in [1.82, 2.24) is 10.4 Å². The van der Waals surface area contributed by atoms with Crippen molar-refractivity contribution >= 4 is 35.5 Å². The predicted octanol–water partition coefficient (Wildman–Crippen LogP) is 2.98. The third kappa shape index (κ3) is 5.03. The van der Waals surface area contributed by atoms with Crippen molar-refractivity contribution in [3.8, 4) is 0 Å². The van der Waals surface area contributed by atoms with Crippen LogP contribution in [0.3, 0.4) is 0 Å². The lowest BCUT2D eigenvalue weighted by Crippen LogP contribution is -2.19. The van der Waals surface area contributed by atoms with E-state index >= 15 is 0 Å². The molecular weight excluding hydrogens is 294 g/mol. The van der Waals surface area contributed by atoms with Gasteiger partial charge in [0.1, 0.15) is 0 Å². The number of halogens is 1. The molecule has 0 fully saturated rings. The van der Waals surface area contributed by atoms with E-state index < -0.39 is 0 Å². The first-order chi connectivity index (χ1) is 9.74. The normalized spacial score (nSPS) is 10.7. The standard InChI is InChI=1S/C14H12ClN3OS/c15-11-4-6-13(7-5-11)20-10-14(19)18-17-9-12-3-1-2-8-16-12/h1-9H,10H2,(H,18,19)/b17-9-. The Balaban J connectivity index is 1.76. The van der Waals surface area contributed by atoms with E-state index in [9.17, 15) is 4.79 Å². The molecule has 0 saturated heterocycles. The van der Waals surface area contributed by atoms with Gasteiger partial charge in [-0.05, 0) is 36.4 Å². The molecule has 1 heterocycles. The van der Waals surface area contributed by atoms with Gasteiger partial charge in [-0.2, -0.15) is 5.10 Å². The van der Waals surface area contributed by atoms with E-state index in [1.165, 1.54) is 18.0 Å². The SMILES string of the molecule is O=C(CSc1ccc(Cl)cc1)N/N=C\c1ccccn1. The fourth-order valence-electron chi connectivity index (χ4n) is 1.33. The highest BCUT2D eigenvalue weighted by Gasteiger charge is 2.01. The van der Waals surface area contributed by atoms with Crippen LogP contribution in [0.5, 0.6) is 0 Å². The average Bonchev–Trinajstić information content (AvgIpc) is 2.48. The highest BCUT2D eigenvalue weighted by Crippen LogP contribution is 2.19. The zero-order valence-corrected chi connectivity index (χ0v) is 12.1. The monoisotopic (exact) mass is 305 g/mol. The Morgan fingerprint density at radius 2 is 2.10 bits per heavy atom. The van der Waals surface area contributed by atoms with E-state index in [0.29, 0.717) is 16.5 Å². The molecule has 1 N–H and O–H groups in total. The Morgan fingerprint density at radius 1 is 1.30 bits per heavy atom. The highest BCUT2D eigenvalue weighted by molar-refractivity contribution is 8.00. The largest absolute Gasteiger partial charge is 0.272 e. The van der Waals surface area contributed by atoms with Crippen LogP contribution in [0.2, 0.25) is 5.02 Å². The van der Waals surface area contributed by atoms with Crippen LogP contribution >= 0.6 is 23.4 Å². The summed E-state index contributed by atoms with van der Waals surface area (Å²) >= 11 is 7.21. The molecule has 0 saturated carbocycles. The molecule has 0 radical (unpaired) electrons. The van der Waals surface area contributed by atoms with Crippen LogP contribution in [0, 0.1) is 0 Å². The maximum Gasteiger partial charge on any atom is 0.250 e. The molecule has 102 valence electrons. The van der Waals surface area contributed by atoms with Gasteiger partial charge in [0.15, 0.2) is 0 Å². The number of rotatable bonds is 5. The number of amides is 1. The number of nitrogens with one attached hydrogen (secondary N) is 1. The van der Waals surface area contributed by atoms with E-state index in [1.54, 1.807) is 24.4 Å². The van der Waals surface area contributed by atoms with Gasteiger partial charge in [0.2, 0.25) is 5.91 Å². The summed E-state index contributed by atoms with van der Waals surface area (Å²) in [6.07, 6.45) is 3.17. The summed E-state index contributed by atoms with van der Waals surface area (Å²) in [7, 11) is 0.